The Balaban J connectivity index is 2.02. The summed E-state index contributed by atoms with van der Waals surface area (Å²) in [7, 11) is 0. The van der Waals surface area contributed by atoms with Crippen LogP contribution in [0, 0.1) is 0 Å². The van der Waals surface area contributed by atoms with Gasteiger partial charge in [0, 0.05) is 6.20 Å². The predicted molar refractivity (Wildman–Crippen MR) is 73.7 cm³/mol. The summed E-state index contributed by atoms with van der Waals surface area (Å²) in [6.07, 6.45) is 3.05. The van der Waals surface area contributed by atoms with Gasteiger partial charge in [-0.05, 0) is 30.7 Å². The third-order valence-corrected chi connectivity index (χ3v) is 2.24. The minimum absolute atomic E-state index is 0.418. The van der Waals surface area contributed by atoms with Crippen molar-refractivity contribution < 1.29 is 4.74 Å². The molecule has 1 aromatic carbocycles. The molecule has 0 aliphatic carbocycles. The highest BCUT2D eigenvalue weighted by molar-refractivity contribution is 5.80. The number of ether oxygens (including phenoxy) is 1. The van der Waals surface area contributed by atoms with Crippen molar-refractivity contribution in [1.29, 1.82) is 0 Å². The van der Waals surface area contributed by atoms with Crippen LogP contribution in [0.2, 0.25) is 0 Å². The molecule has 98 valence electrons. The molecule has 0 aliphatic rings. The van der Waals surface area contributed by atoms with E-state index in [-0.39, 0.29) is 0 Å². The Bertz CT molecular complexity index is 622. The fourth-order valence-electron chi connectivity index (χ4n) is 1.46. The zero-order valence-electron chi connectivity index (χ0n) is 10.5. The van der Waals surface area contributed by atoms with Gasteiger partial charge in [0.15, 0.2) is 0 Å². The van der Waals surface area contributed by atoms with Crippen LogP contribution in [-0.2, 0) is 0 Å². The molecular formula is C13H14N4O2. The van der Waals surface area contributed by atoms with E-state index < -0.39 is 5.69 Å². The average Bonchev–Trinajstić information content (AvgIpc) is 2.40. The van der Waals surface area contributed by atoms with Crippen LogP contribution in [0.3, 0.4) is 0 Å². The molecule has 0 spiro atoms. The van der Waals surface area contributed by atoms with Gasteiger partial charge < -0.3 is 4.74 Å². The number of aromatic nitrogens is 2. The number of nitrogens with zero attached hydrogens (tertiary/aromatic N) is 2. The number of aromatic amines is 1. The topological polar surface area (TPSA) is 79.4 Å². The van der Waals surface area contributed by atoms with Crippen molar-refractivity contribution >= 4 is 12.0 Å². The second-order valence-electron chi connectivity index (χ2n) is 3.66. The molecule has 0 fully saturated rings. The molecule has 0 radical (unpaired) electrons. The van der Waals surface area contributed by atoms with Gasteiger partial charge in [-0.15, -0.1) is 0 Å². The maximum absolute atomic E-state index is 11.0. The third kappa shape index (κ3) is 3.95. The highest BCUT2D eigenvalue weighted by Gasteiger charge is 1.94. The number of H-pyrrole nitrogens is 1. The molecule has 0 atom stereocenters. The first-order valence-corrected chi connectivity index (χ1v) is 5.85. The molecule has 0 amide bonds. The highest BCUT2D eigenvalue weighted by Crippen LogP contribution is 2.11. The predicted octanol–water partition coefficient (Wildman–Crippen LogP) is 1.61. The van der Waals surface area contributed by atoms with Crippen LogP contribution in [-0.4, -0.2) is 22.8 Å². The van der Waals surface area contributed by atoms with Crippen LogP contribution in [0.1, 0.15) is 12.5 Å². The van der Waals surface area contributed by atoms with Crippen LogP contribution in [0.5, 0.6) is 5.75 Å². The Labute approximate surface area is 110 Å². The van der Waals surface area contributed by atoms with Crippen molar-refractivity contribution in [2.45, 2.75) is 6.92 Å². The summed E-state index contributed by atoms with van der Waals surface area (Å²) in [4.78, 5) is 17.0. The molecule has 6 nitrogen and oxygen atoms in total. The van der Waals surface area contributed by atoms with Crippen LogP contribution in [0.15, 0.2) is 46.4 Å². The Kier molecular flexibility index (Phi) is 4.28. The SMILES string of the molecule is CCOc1cccc(/C=N/Nc2ccnc(=O)[nH]2)c1. The molecule has 2 aromatic rings. The van der Waals surface area contributed by atoms with Crippen molar-refractivity contribution in [1.82, 2.24) is 9.97 Å². The summed E-state index contributed by atoms with van der Waals surface area (Å²) in [5.41, 5.74) is 3.20. The molecule has 0 saturated carbocycles. The standard InChI is InChI=1S/C13H14N4O2/c1-2-19-11-5-3-4-10(8-11)9-15-17-12-6-7-14-13(18)16-12/h3-9H,2H2,1H3,(H2,14,16,17,18)/b15-9+. The largest absolute Gasteiger partial charge is 0.494 e. The monoisotopic (exact) mass is 258 g/mol. The second kappa shape index (κ2) is 6.34. The lowest BCUT2D eigenvalue weighted by Gasteiger charge is -2.03. The van der Waals surface area contributed by atoms with Crippen LogP contribution < -0.4 is 15.9 Å². The van der Waals surface area contributed by atoms with E-state index in [1.165, 1.54) is 6.20 Å². The van der Waals surface area contributed by atoms with E-state index in [1.54, 1.807) is 12.3 Å². The molecule has 19 heavy (non-hydrogen) atoms. The first-order chi connectivity index (χ1) is 9.28. The third-order valence-electron chi connectivity index (χ3n) is 2.24. The molecular weight excluding hydrogens is 244 g/mol. The summed E-state index contributed by atoms with van der Waals surface area (Å²) < 4.78 is 5.39. The zero-order chi connectivity index (χ0) is 13.5. The minimum Gasteiger partial charge on any atom is -0.494 e. The van der Waals surface area contributed by atoms with Gasteiger partial charge in [-0.3, -0.25) is 10.4 Å². The number of hydrazone groups is 1. The molecule has 1 heterocycles. The first-order valence-electron chi connectivity index (χ1n) is 5.85. The van der Waals surface area contributed by atoms with E-state index in [2.05, 4.69) is 20.5 Å². The van der Waals surface area contributed by atoms with Gasteiger partial charge in [-0.1, -0.05) is 12.1 Å². The normalized spacial score (nSPS) is 10.6. The number of rotatable bonds is 5. The number of nitrogens with one attached hydrogen (secondary N) is 2. The summed E-state index contributed by atoms with van der Waals surface area (Å²) in [5.74, 6) is 1.28. The van der Waals surface area contributed by atoms with Crippen molar-refractivity contribution in [3.05, 3.63) is 52.6 Å². The fraction of sp³-hybridized carbons (Fsp3) is 0.154. The number of benzene rings is 1. The molecule has 2 N–H and O–H groups in total. The Morgan fingerprint density at radius 3 is 3.16 bits per heavy atom. The van der Waals surface area contributed by atoms with Crippen LogP contribution >= 0.6 is 0 Å². The van der Waals surface area contributed by atoms with E-state index in [4.69, 9.17) is 4.74 Å². The lowest BCUT2D eigenvalue weighted by Crippen LogP contribution is -2.10. The zero-order valence-corrected chi connectivity index (χ0v) is 10.5. The Morgan fingerprint density at radius 1 is 1.47 bits per heavy atom. The van der Waals surface area contributed by atoms with Crippen molar-refractivity contribution in [2.75, 3.05) is 12.0 Å². The van der Waals surface area contributed by atoms with Gasteiger partial charge in [0.05, 0.1) is 12.8 Å². The summed E-state index contributed by atoms with van der Waals surface area (Å²) >= 11 is 0. The van der Waals surface area contributed by atoms with E-state index in [0.717, 1.165) is 11.3 Å². The van der Waals surface area contributed by atoms with Gasteiger partial charge in [0.25, 0.3) is 0 Å². The highest BCUT2D eigenvalue weighted by atomic mass is 16.5. The van der Waals surface area contributed by atoms with Gasteiger partial charge in [0.1, 0.15) is 11.6 Å². The molecule has 0 unspecified atom stereocenters. The smallest absolute Gasteiger partial charge is 0.346 e. The van der Waals surface area contributed by atoms with Crippen LogP contribution in [0.4, 0.5) is 5.82 Å². The summed E-state index contributed by atoms with van der Waals surface area (Å²) in [5, 5.41) is 4.03. The van der Waals surface area contributed by atoms with E-state index >= 15 is 0 Å². The van der Waals surface area contributed by atoms with Crippen molar-refractivity contribution in [2.24, 2.45) is 5.10 Å². The first kappa shape index (κ1) is 12.8. The van der Waals surface area contributed by atoms with Crippen molar-refractivity contribution in [3.8, 4) is 5.75 Å². The van der Waals surface area contributed by atoms with Gasteiger partial charge >= 0.3 is 5.69 Å². The van der Waals surface area contributed by atoms with E-state index in [1.807, 2.05) is 31.2 Å². The number of anilines is 1. The molecule has 0 saturated heterocycles. The van der Waals surface area contributed by atoms with Gasteiger partial charge in [-0.25, -0.2) is 9.78 Å². The van der Waals surface area contributed by atoms with E-state index in [0.29, 0.717) is 12.4 Å². The molecule has 6 heteroatoms. The molecule has 0 aliphatic heterocycles. The Morgan fingerprint density at radius 2 is 2.37 bits per heavy atom. The summed E-state index contributed by atoms with van der Waals surface area (Å²) in [6, 6.07) is 9.18. The minimum atomic E-state index is -0.418. The maximum Gasteiger partial charge on any atom is 0.346 e. The molecule has 2 rings (SSSR count). The average molecular weight is 258 g/mol. The maximum atomic E-state index is 11.0. The molecule has 0 bridgehead atoms. The summed E-state index contributed by atoms with van der Waals surface area (Å²) in [6.45, 7) is 2.55. The molecule has 1 aromatic heterocycles. The van der Waals surface area contributed by atoms with Crippen molar-refractivity contribution in [3.63, 3.8) is 0 Å². The lowest BCUT2D eigenvalue weighted by atomic mass is 10.2. The van der Waals surface area contributed by atoms with E-state index in [9.17, 15) is 4.79 Å². The lowest BCUT2D eigenvalue weighted by molar-refractivity contribution is 0.340. The Hall–Kier alpha value is -2.63. The number of hydrogen-bond donors (Lipinski definition) is 2. The second-order valence-corrected chi connectivity index (χ2v) is 3.66. The fourth-order valence-corrected chi connectivity index (χ4v) is 1.46. The van der Waals surface area contributed by atoms with Gasteiger partial charge in [-0.2, -0.15) is 5.10 Å². The quantitative estimate of drug-likeness (QED) is 0.631. The van der Waals surface area contributed by atoms with Crippen LogP contribution in [0.25, 0.3) is 0 Å². The number of hydrogen-bond acceptors (Lipinski definition) is 5. The van der Waals surface area contributed by atoms with Gasteiger partial charge in [0.2, 0.25) is 0 Å².